The third-order valence-corrected chi connectivity index (χ3v) is 3.62. The summed E-state index contributed by atoms with van der Waals surface area (Å²) in [6.07, 6.45) is 14.5. The number of nitrogens with two attached hydrogens (primary N) is 1. The Bertz CT molecular complexity index is 728. The highest BCUT2D eigenvalue weighted by Crippen LogP contribution is 2.09. The zero-order chi connectivity index (χ0) is 25.6. The molecule has 4 N–H and O–H groups in total. The van der Waals surface area contributed by atoms with Crippen molar-refractivity contribution < 1.29 is 9.90 Å². The molecule has 1 aliphatic heterocycles. The quantitative estimate of drug-likeness (QED) is 0.242. The first-order chi connectivity index (χ1) is 16.0. The van der Waals surface area contributed by atoms with E-state index in [1.807, 2.05) is 66.4 Å². The molecule has 1 heterocycles. The minimum atomic E-state index is 0.257. The maximum absolute atomic E-state index is 9.75. The van der Waals surface area contributed by atoms with Crippen LogP contribution in [0.2, 0.25) is 0 Å². The van der Waals surface area contributed by atoms with Crippen LogP contribution in [0.25, 0.3) is 0 Å². The lowest BCUT2D eigenvalue weighted by Crippen LogP contribution is -2.05. The van der Waals surface area contributed by atoms with E-state index in [1.54, 1.807) is 25.3 Å². The van der Waals surface area contributed by atoms with E-state index in [1.165, 1.54) is 11.8 Å². The Kier molecular flexibility index (Phi) is 31.9. The molecule has 2 rings (SSSR count). The summed E-state index contributed by atoms with van der Waals surface area (Å²) in [7, 11) is 2.64. The summed E-state index contributed by atoms with van der Waals surface area (Å²) < 4.78 is 0. The van der Waals surface area contributed by atoms with Gasteiger partial charge in [0.2, 0.25) is 6.41 Å². The van der Waals surface area contributed by atoms with Crippen molar-refractivity contribution in [3.8, 4) is 0 Å². The van der Waals surface area contributed by atoms with E-state index in [0.717, 1.165) is 19.2 Å². The number of carbonyl (C=O) groups is 1. The molecule has 1 atom stereocenters. The van der Waals surface area contributed by atoms with Crippen molar-refractivity contribution in [2.24, 2.45) is 15.7 Å². The maximum Gasteiger partial charge on any atom is 0.211 e. The van der Waals surface area contributed by atoms with Crippen LogP contribution in [-0.2, 0) is 4.79 Å². The number of benzene rings is 1. The Morgan fingerprint density at radius 2 is 1.82 bits per heavy atom. The highest BCUT2D eigenvalue weighted by molar-refractivity contribution is 8.14. The summed E-state index contributed by atoms with van der Waals surface area (Å²) >= 11 is 1.52. The molecule has 1 unspecified atom stereocenters. The fraction of sp³-hybridized carbons (Fsp3) is 0.192. The normalized spacial score (nSPS) is 16.4. The summed E-state index contributed by atoms with van der Waals surface area (Å²) in [5.41, 5.74) is 8.85. The molecule has 7 heteroatoms. The van der Waals surface area contributed by atoms with E-state index in [9.17, 15) is 4.79 Å². The van der Waals surface area contributed by atoms with Crippen LogP contribution < -0.4 is 11.1 Å². The van der Waals surface area contributed by atoms with Crippen LogP contribution in [0.4, 0.5) is 0 Å². The molecule has 0 spiro atoms. The minimum absolute atomic E-state index is 0.257. The second-order valence-electron chi connectivity index (χ2n) is 5.59. The van der Waals surface area contributed by atoms with Crippen molar-refractivity contribution in [1.82, 2.24) is 5.32 Å². The number of carbonyl (C=O) groups excluding carboxylic acids is 1. The van der Waals surface area contributed by atoms with Crippen molar-refractivity contribution >= 4 is 30.4 Å². The Morgan fingerprint density at radius 3 is 2.27 bits per heavy atom. The Labute approximate surface area is 203 Å². The maximum atomic E-state index is 9.75. The molecule has 180 valence electrons. The number of nitrogens with zero attached hydrogens (tertiary/aromatic N) is 2. The van der Waals surface area contributed by atoms with Gasteiger partial charge in [-0.25, -0.2) is 0 Å². The van der Waals surface area contributed by atoms with Crippen LogP contribution in [0.15, 0.2) is 119 Å². The summed E-state index contributed by atoms with van der Waals surface area (Å²) in [6.45, 7) is 12.1. The fourth-order valence-corrected chi connectivity index (χ4v) is 2.23. The molecule has 0 aliphatic carbocycles. The van der Waals surface area contributed by atoms with Crippen molar-refractivity contribution in [2.75, 3.05) is 14.2 Å². The molecular formula is C26H38N4O2S. The zero-order valence-electron chi connectivity index (χ0n) is 19.9. The predicted molar refractivity (Wildman–Crippen MR) is 148 cm³/mol. The van der Waals surface area contributed by atoms with Gasteiger partial charge in [-0.15, -0.1) is 0 Å². The summed E-state index contributed by atoms with van der Waals surface area (Å²) in [6, 6.07) is 12.3. The van der Waals surface area contributed by atoms with Crippen molar-refractivity contribution in [3.63, 3.8) is 0 Å². The Morgan fingerprint density at radius 1 is 1.27 bits per heavy atom. The third-order valence-electron chi connectivity index (χ3n) is 2.96. The van der Waals surface area contributed by atoms with Gasteiger partial charge in [0.25, 0.3) is 0 Å². The van der Waals surface area contributed by atoms with Gasteiger partial charge < -0.3 is 21.1 Å². The fourth-order valence-electron chi connectivity index (χ4n) is 1.71. The highest BCUT2D eigenvalue weighted by atomic mass is 32.2. The molecule has 0 saturated heterocycles. The first-order valence-electron chi connectivity index (χ1n) is 9.95. The number of aliphatic hydroxyl groups is 1. The number of thioether (sulfide) groups is 1. The molecule has 0 bridgehead atoms. The number of nitrogens with one attached hydrogen (secondary N) is 1. The predicted octanol–water partition coefficient (Wildman–Crippen LogP) is 5.05. The van der Waals surface area contributed by atoms with Crippen LogP contribution >= 0.6 is 11.8 Å². The van der Waals surface area contributed by atoms with Crippen molar-refractivity contribution in [2.45, 2.75) is 19.4 Å². The number of aliphatic imine (C=N–C) groups is 2. The molecule has 0 fully saturated rings. The standard InChI is InChI=1S/C10H14N2S.C7H9NO.C6H6.C2H5N.CH4O/c1-2-4-10-6-3-5-9(11)7-13-8-12-10;1-3-4-5-7(2)8-6-9;1-2-4-6-5-3-1;1-3-2;1-2/h2-5,7-8,10H,6,11H2,1H3;3-6H,1-2H2,(H,8,9);1-6H;1H2,2H3;2H,1H3/b4-2+,5-3+,9-7+,12-8?;5-4-;;;. The molecular weight excluding hydrogens is 432 g/mol. The average Bonchev–Trinajstić information content (AvgIpc) is 2.94. The van der Waals surface area contributed by atoms with Gasteiger partial charge in [-0.1, -0.05) is 91.7 Å². The van der Waals surface area contributed by atoms with Crippen LogP contribution in [0.1, 0.15) is 13.3 Å². The molecule has 0 aromatic heterocycles. The molecule has 6 nitrogen and oxygen atoms in total. The smallest absolute Gasteiger partial charge is 0.211 e. The van der Waals surface area contributed by atoms with Gasteiger partial charge in [0.05, 0.1) is 11.6 Å². The molecule has 1 aliphatic rings. The summed E-state index contributed by atoms with van der Waals surface area (Å²) in [5, 5.41) is 11.3. The molecule has 1 aromatic carbocycles. The molecule has 0 saturated carbocycles. The molecule has 33 heavy (non-hydrogen) atoms. The second kappa shape index (κ2) is 30.8. The highest BCUT2D eigenvalue weighted by Gasteiger charge is 1.98. The summed E-state index contributed by atoms with van der Waals surface area (Å²) in [4.78, 5) is 17.4. The first kappa shape index (κ1) is 34.2. The van der Waals surface area contributed by atoms with Gasteiger partial charge in [-0.3, -0.25) is 9.79 Å². The Hall–Kier alpha value is -3.42. The first-order valence-corrected chi connectivity index (χ1v) is 10.9. The van der Waals surface area contributed by atoms with Gasteiger partial charge in [-0.05, 0) is 37.6 Å². The number of aliphatic hydroxyl groups excluding tert-OH is 1. The van der Waals surface area contributed by atoms with Gasteiger partial charge >= 0.3 is 0 Å². The van der Waals surface area contributed by atoms with E-state index in [2.05, 4.69) is 47.3 Å². The van der Waals surface area contributed by atoms with E-state index in [4.69, 9.17) is 10.8 Å². The van der Waals surface area contributed by atoms with Crippen LogP contribution in [0.5, 0.6) is 0 Å². The van der Waals surface area contributed by atoms with E-state index >= 15 is 0 Å². The van der Waals surface area contributed by atoms with Gasteiger partial charge in [0.1, 0.15) is 0 Å². The third kappa shape index (κ3) is 30.9. The lowest BCUT2D eigenvalue weighted by Gasteiger charge is -2.01. The SMILES string of the molecule is C/C=C/C1C/C=C/C(N)=C\SC=N1.C=C/C=C\C(=C)NC=O.C=NC.CO.c1ccccc1. The van der Waals surface area contributed by atoms with Crippen molar-refractivity contribution in [1.29, 1.82) is 0 Å². The average molecular weight is 471 g/mol. The number of hydrogen-bond acceptors (Lipinski definition) is 6. The number of amides is 1. The minimum Gasteiger partial charge on any atom is -0.400 e. The largest absolute Gasteiger partial charge is 0.400 e. The number of allylic oxidation sites excluding steroid dienone is 5. The molecule has 0 radical (unpaired) electrons. The Balaban J connectivity index is -0.000000391. The monoisotopic (exact) mass is 470 g/mol. The van der Waals surface area contributed by atoms with Crippen LogP contribution in [-0.4, -0.2) is 44.0 Å². The topological polar surface area (TPSA) is 100 Å². The van der Waals surface area contributed by atoms with Crippen LogP contribution in [0, 0.1) is 0 Å². The van der Waals surface area contributed by atoms with Gasteiger partial charge in [-0.2, -0.15) is 0 Å². The lowest BCUT2D eigenvalue weighted by atomic mass is 10.2. The van der Waals surface area contributed by atoms with E-state index in [0.29, 0.717) is 12.1 Å². The van der Waals surface area contributed by atoms with Crippen LogP contribution in [0.3, 0.4) is 0 Å². The molecule has 1 amide bonds. The number of rotatable bonds is 5. The van der Waals surface area contributed by atoms with Crippen molar-refractivity contribution in [3.05, 3.63) is 109 Å². The zero-order valence-corrected chi connectivity index (χ0v) is 20.7. The van der Waals surface area contributed by atoms with E-state index in [-0.39, 0.29) is 6.04 Å². The number of hydrogen-bond donors (Lipinski definition) is 3. The van der Waals surface area contributed by atoms with E-state index < -0.39 is 0 Å². The lowest BCUT2D eigenvalue weighted by molar-refractivity contribution is -0.108. The summed E-state index contributed by atoms with van der Waals surface area (Å²) in [5.74, 6) is 0. The molecule has 1 aromatic rings. The van der Waals surface area contributed by atoms with Gasteiger partial charge in [0.15, 0.2) is 0 Å². The second-order valence-corrected chi connectivity index (χ2v) is 6.31. The van der Waals surface area contributed by atoms with Gasteiger partial charge in [0, 0.05) is 25.6 Å².